The number of halogens is 2. The van der Waals surface area contributed by atoms with Gasteiger partial charge in [-0.15, -0.1) is 0 Å². The second-order valence-electron chi connectivity index (χ2n) is 3.56. The molecule has 0 radical (unpaired) electrons. The maximum atomic E-state index is 13.0. The Kier molecular flexibility index (Phi) is 3.92. The molecule has 2 rings (SSSR count). The van der Waals surface area contributed by atoms with Gasteiger partial charge in [-0.1, -0.05) is 0 Å². The van der Waals surface area contributed by atoms with E-state index in [1.807, 2.05) is 6.07 Å². The second-order valence-corrected chi connectivity index (χ2v) is 4.35. The molecule has 1 aromatic heterocycles. The van der Waals surface area contributed by atoms with Crippen LogP contribution in [0.4, 0.5) is 21.7 Å². The van der Waals surface area contributed by atoms with Gasteiger partial charge in [0.1, 0.15) is 34.3 Å². The van der Waals surface area contributed by atoms with Crippen molar-refractivity contribution in [3.8, 4) is 6.07 Å². The third kappa shape index (κ3) is 2.80. The Labute approximate surface area is 117 Å². The van der Waals surface area contributed by atoms with Gasteiger partial charge in [0.05, 0.1) is 11.3 Å². The largest absolute Gasteiger partial charge is 0.372 e. The van der Waals surface area contributed by atoms with Crippen molar-refractivity contribution in [2.24, 2.45) is 0 Å². The van der Waals surface area contributed by atoms with Crippen LogP contribution < -0.4 is 10.6 Å². The van der Waals surface area contributed by atoms with E-state index in [-0.39, 0.29) is 5.56 Å². The van der Waals surface area contributed by atoms with E-state index in [1.54, 1.807) is 7.05 Å². The Morgan fingerprint density at radius 3 is 2.74 bits per heavy atom. The predicted octanol–water partition coefficient (Wildman–Crippen LogP) is 3.04. The molecule has 0 fully saturated rings. The molecule has 5 nitrogen and oxygen atoms in total. The Morgan fingerprint density at radius 1 is 1.32 bits per heavy atom. The zero-order chi connectivity index (χ0) is 13.8. The normalized spacial score (nSPS) is 9.79. The SMILES string of the molecule is CNc1ncnc(Nc2ccc(F)cc2C#N)c1Br. The Hall–Kier alpha value is -2.20. The van der Waals surface area contributed by atoms with E-state index >= 15 is 0 Å². The van der Waals surface area contributed by atoms with Crippen LogP contribution in [0.25, 0.3) is 0 Å². The number of nitrogens with zero attached hydrogens (tertiary/aromatic N) is 3. The van der Waals surface area contributed by atoms with Gasteiger partial charge in [-0.05, 0) is 34.1 Å². The van der Waals surface area contributed by atoms with E-state index < -0.39 is 5.82 Å². The summed E-state index contributed by atoms with van der Waals surface area (Å²) in [5, 5.41) is 14.8. The number of anilines is 3. The van der Waals surface area contributed by atoms with Crippen LogP contribution in [-0.4, -0.2) is 17.0 Å². The molecule has 19 heavy (non-hydrogen) atoms. The van der Waals surface area contributed by atoms with E-state index in [2.05, 4.69) is 36.5 Å². The van der Waals surface area contributed by atoms with E-state index in [1.165, 1.54) is 18.5 Å². The summed E-state index contributed by atoms with van der Waals surface area (Å²) >= 11 is 3.35. The summed E-state index contributed by atoms with van der Waals surface area (Å²) in [6.45, 7) is 0. The Balaban J connectivity index is 2.40. The smallest absolute Gasteiger partial charge is 0.150 e. The number of hydrogen-bond donors (Lipinski definition) is 2. The van der Waals surface area contributed by atoms with Crippen molar-refractivity contribution < 1.29 is 4.39 Å². The van der Waals surface area contributed by atoms with Gasteiger partial charge in [-0.3, -0.25) is 0 Å². The summed E-state index contributed by atoms with van der Waals surface area (Å²) in [5.74, 6) is 0.639. The highest BCUT2D eigenvalue weighted by Crippen LogP contribution is 2.29. The van der Waals surface area contributed by atoms with Crippen LogP contribution in [0.2, 0.25) is 0 Å². The Bertz CT molecular complexity index is 653. The first kappa shape index (κ1) is 13.2. The standard InChI is InChI=1S/C12H9BrFN5/c1-16-11-10(13)12(18-6-17-11)19-9-3-2-8(14)4-7(9)5-15/h2-4,6H,1H3,(H2,16,17,18,19). The summed E-state index contributed by atoms with van der Waals surface area (Å²) in [6, 6.07) is 5.85. The third-order valence-electron chi connectivity index (χ3n) is 2.38. The zero-order valence-electron chi connectivity index (χ0n) is 9.91. The molecule has 0 atom stereocenters. The molecule has 0 saturated heterocycles. The van der Waals surface area contributed by atoms with Crippen LogP contribution in [0.1, 0.15) is 5.56 Å². The fraction of sp³-hybridized carbons (Fsp3) is 0.0833. The van der Waals surface area contributed by atoms with Crippen LogP contribution in [0, 0.1) is 17.1 Å². The lowest BCUT2D eigenvalue weighted by Gasteiger charge is -2.10. The molecule has 0 spiro atoms. The second kappa shape index (κ2) is 5.63. The number of rotatable bonds is 3. The van der Waals surface area contributed by atoms with Crippen molar-refractivity contribution in [2.75, 3.05) is 17.7 Å². The molecule has 0 aliphatic rings. The van der Waals surface area contributed by atoms with Gasteiger partial charge in [0, 0.05) is 7.05 Å². The van der Waals surface area contributed by atoms with Gasteiger partial charge >= 0.3 is 0 Å². The molecule has 2 N–H and O–H groups in total. The molecule has 0 aliphatic heterocycles. The lowest BCUT2D eigenvalue weighted by molar-refractivity contribution is 0.627. The van der Waals surface area contributed by atoms with Crippen molar-refractivity contribution in [1.82, 2.24) is 9.97 Å². The number of nitrogens with one attached hydrogen (secondary N) is 2. The molecule has 0 amide bonds. The van der Waals surface area contributed by atoms with Crippen LogP contribution in [0.5, 0.6) is 0 Å². The molecule has 7 heteroatoms. The minimum absolute atomic E-state index is 0.205. The van der Waals surface area contributed by atoms with Crippen molar-refractivity contribution in [2.45, 2.75) is 0 Å². The maximum absolute atomic E-state index is 13.0. The molecule has 0 aliphatic carbocycles. The number of aromatic nitrogens is 2. The van der Waals surface area contributed by atoms with E-state index in [0.717, 1.165) is 6.07 Å². The highest BCUT2D eigenvalue weighted by Gasteiger charge is 2.10. The molecule has 2 aromatic rings. The first-order valence-corrected chi connectivity index (χ1v) is 6.10. The highest BCUT2D eigenvalue weighted by atomic mass is 79.9. The molecule has 0 bridgehead atoms. The Morgan fingerprint density at radius 2 is 2.05 bits per heavy atom. The summed E-state index contributed by atoms with van der Waals surface area (Å²) in [7, 11) is 1.73. The van der Waals surface area contributed by atoms with Crippen LogP contribution in [0.3, 0.4) is 0 Å². The summed E-state index contributed by atoms with van der Waals surface area (Å²) in [4.78, 5) is 8.09. The average Bonchev–Trinajstić information content (AvgIpc) is 2.42. The zero-order valence-corrected chi connectivity index (χ0v) is 11.5. The van der Waals surface area contributed by atoms with Crippen molar-refractivity contribution in [3.05, 3.63) is 40.4 Å². The van der Waals surface area contributed by atoms with Crippen molar-refractivity contribution in [1.29, 1.82) is 5.26 Å². The van der Waals surface area contributed by atoms with E-state index in [0.29, 0.717) is 21.8 Å². The van der Waals surface area contributed by atoms with Gasteiger partial charge in [0.25, 0.3) is 0 Å². The van der Waals surface area contributed by atoms with Gasteiger partial charge < -0.3 is 10.6 Å². The average molecular weight is 322 g/mol. The van der Waals surface area contributed by atoms with Gasteiger partial charge in [0.15, 0.2) is 0 Å². The fourth-order valence-corrected chi connectivity index (χ4v) is 1.98. The van der Waals surface area contributed by atoms with E-state index in [9.17, 15) is 4.39 Å². The minimum Gasteiger partial charge on any atom is -0.372 e. The number of hydrogen-bond acceptors (Lipinski definition) is 5. The number of benzene rings is 1. The molecular weight excluding hydrogens is 313 g/mol. The molecule has 0 saturated carbocycles. The topological polar surface area (TPSA) is 73.6 Å². The first-order valence-electron chi connectivity index (χ1n) is 5.30. The molecule has 96 valence electrons. The lowest BCUT2D eigenvalue weighted by atomic mass is 10.2. The predicted molar refractivity (Wildman–Crippen MR) is 73.7 cm³/mol. The quantitative estimate of drug-likeness (QED) is 0.909. The van der Waals surface area contributed by atoms with Crippen LogP contribution in [0.15, 0.2) is 29.0 Å². The lowest BCUT2D eigenvalue weighted by Crippen LogP contribution is -2.01. The third-order valence-corrected chi connectivity index (χ3v) is 3.13. The van der Waals surface area contributed by atoms with Gasteiger partial charge in [-0.2, -0.15) is 5.26 Å². The summed E-state index contributed by atoms with van der Waals surface area (Å²) in [6.07, 6.45) is 1.38. The monoisotopic (exact) mass is 321 g/mol. The van der Waals surface area contributed by atoms with Crippen LogP contribution in [-0.2, 0) is 0 Å². The van der Waals surface area contributed by atoms with Crippen molar-refractivity contribution in [3.63, 3.8) is 0 Å². The van der Waals surface area contributed by atoms with Crippen LogP contribution >= 0.6 is 15.9 Å². The molecule has 0 unspecified atom stereocenters. The van der Waals surface area contributed by atoms with Gasteiger partial charge in [-0.25, -0.2) is 14.4 Å². The maximum Gasteiger partial charge on any atom is 0.150 e. The first-order chi connectivity index (χ1) is 9.15. The molecule has 1 aromatic carbocycles. The molecular formula is C12H9BrFN5. The summed E-state index contributed by atoms with van der Waals surface area (Å²) in [5.41, 5.74) is 0.682. The van der Waals surface area contributed by atoms with Crippen molar-refractivity contribution >= 4 is 33.3 Å². The summed E-state index contributed by atoms with van der Waals surface area (Å²) < 4.78 is 13.7. The fourth-order valence-electron chi connectivity index (χ4n) is 1.48. The highest BCUT2D eigenvalue weighted by molar-refractivity contribution is 9.10. The van der Waals surface area contributed by atoms with E-state index in [4.69, 9.17) is 5.26 Å². The minimum atomic E-state index is -0.459. The van der Waals surface area contributed by atoms with Gasteiger partial charge in [0.2, 0.25) is 0 Å². The number of nitriles is 1. The molecule has 1 heterocycles.